The van der Waals surface area contributed by atoms with Gasteiger partial charge in [-0.3, -0.25) is 14.4 Å². The molecule has 0 saturated heterocycles. The first-order chi connectivity index (χ1) is 30.1. The van der Waals surface area contributed by atoms with Crippen LogP contribution in [0.1, 0.15) is 33.4 Å². The van der Waals surface area contributed by atoms with Crippen LogP contribution in [-0.4, -0.2) is 22.8 Å². The minimum absolute atomic E-state index is 0.0280. The van der Waals surface area contributed by atoms with Crippen molar-refractivity contribution < 1.29 is 23.9 Å². The lowest BCUT2D eigenvalue weighted by Gasteiger charge is -2.19. The quantitative estimate of drug-likeness (QED) is 0.132. The lowest BCUT2D eigenvalue weighted by atomic mass is 9.96. The highest BCUT2D eigenvalue weighted by molar-refractivity contribution is 9.11. The number of halogens is 8. The van der Waals surface area contributed by atoms with E-state index in [-0.39, 0.29) is 29.3 Å². The minimum atomic E-state index is -0.377. The van der Waals surface area contributed by atoms with Crippen LogP contribution in [0.2, 0.25) is 5.02 Å². The predicted molar refractivity (Wildman–Crippen MR) is 272 cm³/mol. The highest BCUT2D eigenvalue weighted by Crippen LogP contribution is 2.36. The topological polar surface area (TPSA) is 108 Å². The number of amides is 3. The van der Waals surface area contributed by atoms with Crippen LogP contribution in [-0.2, 0) is 33.6 Å². The Kier molecular flexibility index (Phi) is 15.4. The number of phenolic OH excluding ortho intramolecular Hbond substituents is 1. The van der Waals surface area contributed by atoms with Crippen LogP contribution in [0.3, 0.4) is 0 Å². The van der Waals surface area contributed by atoms with Crippen molar-refractivity contribution in [3.8, 4) is 5.75 Å². The van der Waals surface area contributed by atoms with Crippen LogP contribution < -0.4 is 16.0 Å². The summed E-state index contributed by atoms with van der Waals surface area (Å²) in [5.41, 5.74) is 10.1. The van der Waals surface area contributed by atoms with Crippen LogP contribution in [0.5, 0.6) is 5.75 Å². The first kappa shape index (κ1) is 46.8. The molecular formula is C48H31Br6ClFN3O4. The third-order valence-corrected chi connectivity index (χ3v) is 13.0. The van der Waals surface area contributed by atoms with Crippen molar-refractivity contribution in [3.63, 3.8) is 0 Å². The Labute approximate surface area is 418 Å². The van der Waals surface area contributed by atoms with E-state index in [4.69, 9.17) is 11.6 Å². The molecule has 6 aromatic carbocycles. The van der Waals surface area contributed by atoms with E-state index >= 15 is 0 Å². The molecule has 0 fully saturated rings. The second kappa shape index (κ2) is 20.8. The Hall–Kier alpha value is -4.15. The van der Waals surface area contributed by atoms with Gasteiger partial charge in [-0.05, 0) is 168 Å². The number of para-hydroxylation sites is 1. The molecule has 0 atom stereocenters. The molecule has 3 aliphatic heterocycles. The van der Waals surface area contributed by atoms with Gasteiger partial charge in [0.25, 0.3) is 17.7 Å². The molecule has 0 saturated carbocycles. The summed E-state index contributed by atoms with van der Waals surface area (Å²) >= 11 is 26.4. The largest absolute Gasteiger partial charge is 0.506 e. The molecule has 3 heterocycles. The summed E-state index contributed by atoms with van der Waals surface area (Å²) in [5, 5.41) is 18.9. The van der Waals surface area contributed by atoms with Crippen molar-refractivity contribution in [1.82, 2.24) is 0 Å². The fourth-order valence-electron chi connectivity index (χ4n) is 6.85. The molecule has 3 amide bonds. The molecule has 0 aromatic heterocycles. The van der Waals surface area contributed by atoms with Crippen molar-refractivity contribution in [3.05, 3.63) is 197 Å². The smallest absolute Gasteiger partial charge is 0.251 e. The number of fused-ring (bicyclic) bond motifs is 3. The molecule has 0 bridgehead atoms. The third-order valence-electron chi connectivity index (χ3n) is 9.75. The average molecular weight is 1250 g/mol. The van der Waals surface area contributed by atoms with Gasteiger partial charge in [0.1, 0.15) is 11.6 Å². The number of benzene rings is 6. The maximum absolute atomic E-state index is 13.2. The van der Waals surface area contributed by atoms with E-state index in [0.717, 1.165) is 73.8 Å². The molecule has 7 nitrogen and oxygen atoms in total. The average Bonchev–Trinajstić information content (AvgIpc) is 3.21. The Morgan fingerprint density at radius 2 is 0.921 bits per heavy atom. The Morgan fingerprint density at radius 3 is 1.44 bits per heavy atom. The van der Waals surface area contributed by atoms with Gasteiger partial charge in [-0.25, -0.2) is 4.39 Å². The third kappa shape index (κ3) is 12.4. The van der Waals surface area contributed by atoms with Gasteiger partial charge in [0.05, 0.1) is 8.95 Å². The van der Waals surface area contributed by atoms with Gasteiger partial charge in [0.2, 0.25) is 0 Å². The summed E-state index contributed by atoms with van der Waals surface area (Å²) in [4.78, 5) is 36.4. The zero-order valence-corrected chi connectivity index (χ0v) is 42.7. The van der Waals surface area contributed by atoms with Crippen LogP contribution in [0.4, 0.5) is 21.5 Å². The number of anilines is 3. The standard InChI is InChI=1S/C16H10Br2ClNO.C16H10Br2FNO2.C16H11Br2NO/c17-12-4-9(5-13(18)8-12)3-11-6-10-7-14(19)1-2-15(10)20-16(11)21;17-12-4-8(5-13(18)15(12)21)3-10-6-9-1-2-11(19)7-14(9)20-16(10)22;17-13-6-10(7-14(18)9-13)5-12-8-11-3-1-2-4-15(11)19-16(12)20/h1-5,7-8H,6H2,(H,20,21);1-5,7,21H,6H2,(H,20,22);1-7,9H,8H2,(H,19,20)/b11-3+;10-3+;12-5+. The molecule has 0 spiro atoms. The molecular weight excluding hydrogens is 1220 g/mol. The van der Waals surface area contributed by atoms with Crippen LogP contribution in [0.15, 0.2) is 153 Å². The molecule has 318 valence electrons. The van der Waals surface area contributed by atoms with E-state index in [9.17, 15) is 23.9 Å². The second-order valence-electron chi connectivity index (χ2n) is 14.4. The molecule has 9 rings (SSSR count). The number of nitrogens with one attached hydrogen (secondary N) is 3. The number of carbonyl (C=O) groups excluding carboxylic acids is 3. The lowest BCUT2D eigenvalue weighted by Crippen LogP contribution is -2.22. The maximum Gasteiger partial charge on any atom is 0.251 e. The summed E-state index contributed by atoms with van der Waals surface area (Å²) in [6, 6.07) is 33.1. The second-order valence-corrected chi connectivity index (χ2v) is 20.2. The summed E-state index contributed by atoms with van der Waals surface area (Å²) in [5.74, 6) is -0.618. The molecule has 15 heteroatoms. The number of hydrogen-bond acceptors (Lipinski definition) is 4. The van der Waals surface area contributed by atoms with E-state index in [0.29, 0.717) is 44.5 Å². The van der Waals surface area contributed by atoms with Gasteiger partial charge in [-0.2, -0.15) is 0 Å². The SMILES string of the molecule is O=C1Nc2cc(F)ccc2C/C1=C\c1cc(Br)c(O)c(Br)c1.O=C1Nc2ccc(Cl)cc2C/C1=C\c1cc(Br)cc(Br)c1.O=C1Nc2ccccc2C/C1=C\c1cc(Br)cc(Br)c1. The maximum atomic E-state index is 13.2. The van der Waals surface area contributed by atoms with Crippen molar-refractivity contribution in [2.24, 2.45) is 0 Å². The Bertz CT molecular complexity index is 2870. The normalized spacial score (nSPS) is 15.7. The van der Waals surface area contributed by atoms with Gasteiger partial charge in [0, 0.05) is 76.0 Å². The van der Waals surface area contributed by atoms with Crippen molar-refractivity contribution >= 4 is 160 Å². The molecule has 4 N–H and O–H groups in total. The van der Waals surface area contributed by atoms with Crippen LogP contribution in [0.25, 0.3) is 18.2 Å². The number of phenols is 1. The minimum Gasteiger partial charge on any atom is -0.506 e. The molecule has 0 unspecified atom stereocenters. The summed E-state index contributed by atoms with van der Waals surface area (Å²) in [6.45, 7) is 0. The van der Waals surface area contributed by atoms with Gasteiger partial charge in [-0.1, -0.05) is 99.6 Å². The Morgan fingerprint density at radius 1 is 0.492 bits per heavy atom. The highest BCUT2D eigenvalue weighted by Gasteiger charge is 2.23. The van der Waals surface area contributed by atoms with Crippen molar-refractivity contribution in [1.29, 1.82) is 0 Å². The molecule has 63 heavy (non-hydrogen) atoms. The van der Waals surface area contributed by atoms with E-state index in [2.05, 4.69) is 112 Å². The fourth-order valence-corrected chi connectivity index (χ4v) is 10.9. The monoisotopic (exact) mass is 1240 g/mol. The van der Waals surface area contributed by atoms with Crippen molar-refractivity contribution in [2.45, 2.75) is 19.3 Å². The van der Waals surface area contributed by atoms with Crippen molar-refractivity contribution in [2.75, 3.05) is 16.0 Å². The number of hydrogen-bond donors (Lipinski definition) is 4. The lowest BCUT2D eigenvalue weighted by molar-refractivity contribution is -0.113. The summed E-state index contributed by atoms with van der Waals surface area (Å²) < 4.78 is 18.1. The first-order valence-corrected chi connectivity index (χ1v) is 24.0. The zero-order valence-electron chi connectivity index (χ0n) is 32.4. The van der Waals surface area contributed by atoms with Crippen LogP contribution in [0, 0.1) is 5.82 Å². The molecule has 3 aliphatic rings. The summed E-state index contributed by atoms with van der Waals surface area (Å²) in [6.07, 6.45) is 7.24. The first-order valence-electron chi connectivity index (χ1n) is 18.9. The van der Waals surface area contributed by atoms with Gasteiger partial charge >= 0.3 is 0 Å². The Balaban J connectivity index is 0.000000142. The molecule has 0 radical (unpaired) electrons. The molecule has 6 aromatic rings. The highest BCUT2D eigenvalue weighted by atomic mass is 79.9. The number of aromatic hydroxyl groups is 1. The molecule has 0 aliphatic carbocycles. The van der Waals surface area contributed by atoms with E-state index < -0.39 is 0 Å². The summed E-state index contributed by atoms with van der Waals surface area (Å²) in [7, 11) is 0. The fraction of sp³-hybridized carbons (Fsp3) is 0.0625. The van der Waals surface area contributed by atoms with E-state index in [1.165, 1.54) is 12.1 Å². The number of rotatable bonds is 3. The number of carbonyl (C=O) groups is 3. The van der Waals surface area contributed by atoms with Gasteiger partial charge < -0.3 is 21.1 Å². The predicted octanol–water partition coefficient (Wildman–Crippen LogP) is 14.9. The van der Waals surface area contributed by atoms with Gasteiger partial charge in [0.15, 0.2) is 0 Å². The van der Waals surface area contributed by atoms with E-state index in [1.54, 1.807) is 30.3 Å². The zero-order chi connectivity index (χ0) is 44.9. The van der Waals surface area contributed by atoms with E-state index in [1.807, 2.05) is 84.9 Å². The van der Waals surface area contributed by atoms with Gasteiger partial charge in [-0.15, -0.1) is 0 Å². The van der Waals surface area contributed by atoms with Crippen LogP contribution >= 0.6 is 107 Å².